The number of carbonyl (C=O) groups is 1. The van der Waals surface area contributed by atoms with Crippen LogP contribution in [0.2, 0.25) is 0 Å². The molecule has 0 spiro atoms. The third kappa shape index (κ3) is 2.57. The van der Waals surface area contributed by atoms with Crippen molar-refractivity contribution < 1.29 is 4.79 Å². The average molecular weight is 263 g/mol. The largest absolute Gasteiger partial charge is 0.335 e. The summed E-state index contributed by atoms with van der Waals surface area (Å²) in [7, 11) is 0. The fourth-order valence-corrected chi connectivity index (χ4v) is 3.05. The quantitative estimate of drug-likeness (QED) is 0.868. The molecule has 6 heteroatoms. The van der Waals surface area contributed by atoms with Gasteiger partial charge in [-0.25, -0.2) is 4.79 Å². The number of rotatable bonds is 3. The molecule has 1 saturated carbocycles. The van der Waals surface area contributed by atoms with Gasteiger partial charge in [-0.15, -0.1) is 10.2 Å². The number of amides is 2. The van der Waals surface area contributed by atoms with Crippen molar-refractivity contribution in [3.63, 3.8) is 0 Å². The van der Waals surface area contributed by atoms with E-state index >= 15 is 0 Å². The van der Waals surface area contributed by atoms with Crippen LogP contribution in [0.5, 0.6) is 0 Å². The minimum Gasteiger partial charge on any atom is -0.335 e. The summed E-state index contributed by atoms with van der Waals surface area (Å²) < 4.78 is 2.13. The fourth-order valence-electron chi connectivity index (χ4n) is 3.05. The standard InChI is InChI=1S/C13H21N5O/c1-9(12-17-16-11-7-4-8-18(11)12)14-13(19)15-10-5-2-3-6-10/h9-10H,2-8H2,1H3,(H2,14,15,19)/t9-/m1/s1. The van der Waals surface area contributed by atoms with E-state index in [0.29, 0.717) is 6.04 Å². The van der Waals surface area contributed by atoms with E-state index < -0.39 is 0 Å². The van der Waals surface area contributed by atoms with Crippen molar-refractivity contribution in [2.75, 3.05) is 0 Å². The second-order valence-corrected chi connectivity index (χ2v) is 5.55. The monoisotopic (exact) mass is 263 g/mol. The molecule has 0 saturated heterocycles. The predicted octanol–water partition coefficient (Wildman–Crippen LogP) is 1.53. The Morgan fingerprint density at radius 3 is 2.89 bits per heavy atom. The fraction of sp³-hybridized carbons (Fsp3) is 0.769. The molecule has 0 bridgehead atoms. The maximum atomic E-state index is 11.9. The molecule has 1 atom stereocenters. The average Bonchev–Trinajstić information content (AvgIpc) is 3.03. The Kier molecular flexibility index (Phi) is 3.40. The third-order valence-electron chi connectivity index (χ3n) is 4.06. The lowest BCUT2D eigenvalue weighted by atomic mass is 10.2. The summed E-state index contributed by atoms with van der Waals surface area (Å²) in [6.45, 7) is 2.93. The number of carbonyl (C=O) groups excluding carboxylic acids is 1. The molecular formula is C13H21N5O. The summed E-state index contributed by atoms with van der Waals surface area (Å²) in [6, 6.07) is 0.159. The van der Waals surface area contributed by atoms with Gasteiger partial charge in [-0.2, -0.15) is 0 Å². The van der Waals surface area contributed by atoms with Gasteiger partial charge in [0.25, 0.3) is 0 Å². The maximum Gasteiger partial charge on any atom is 0.315 e. The normalized spacial score (nSPS) is 20.3. The Bertz CT molecular complexity index is 464. The van der Waals surface area contributed by atoms with Crippen LogP contribution in [-0.2, 0) is 13.0 Å². The molecule has 1 aromatic rings. The molecular weight excluding hydrogens is 242 g/mol. The summed E-state index contributed by atoms with van der Waals surface area (Å²) >= 11 is 0. The van der Waals surface area contributed by atoms with Gasteiger partial charge in [0.15, 0.2) is 5.82 Å². The van der Waals surface area contributed by atoms with Crippen LogP contribution >= 0.6 is 0 Å². The highest BCUT2D eigenvalue weighted by atomic mass is 16.2. The molecule has 1 aliphatic carbocycles. The number of hydrogen-bond acceptors (Lipinski definition) is 3. The first-order chi connectivity index (χ1) is 9.24. The Labute approximate surface area is 113 Å². The molecule has 1 fully saturated rings. The van der Waals surface area contributed by atoms with Crippen LogP contribution in [-0.4, -0.2) is 26.8 Å². The summed E-state index contributed by atoms with van der Waals surface area (Å²) in [5.41, 5.74) is 0. The van der Waals surface area contributed by atoms with Crippen LogP contribution < -0.4 is 10.6 Å². The summed E-state index contributed by atoms with van der Waals surface area (Å²) in [6.07, 6.45) is 6.76. The Balaban J connectivity index is 1.58. The molecule has 2 N–H and O–H groups in total. The van der Waals surface area contributed by atoms with Crippen LogP contribution in [0.1, 0.15) is 56.7 Å². The molecule has 104 valence electrons. The van der Waals surface area contributed by atoms with Gasteiger partial charge < -0.3 is 15.2 Å². The van der Waals surface area contributed by atoms with Crippen LogP contribution in [0.4, 0.5) is 4.79 Å². The highest BCUT2D eigenvalue weighted by Crippen LogP contribution is 2.20. The van der Waals surface area contributed by atoms with Crippen molar-refractivity contribution in [3.05, 3.63) is 11.6 Å². The molecule has 2 heterocycles. The summed E-state index contributed by atoms with van der Waals surface area (Å²) in [5.74, 6) is 1.91. The lowest BCUT2D eigenvalue weighted by molar-refractivity contribution is 0.233. The summed E-state index contributed by atoms with van der Waals surface area (Å²) in [4.78, 5) is 11.9. The molecule has 2 amide bonds. The molecule has 1 aliphatic heterocycles. The molecule has 6 nitrogen and oxygen atoms in total. The molecule has 1 aromatic heterocycles. The highest BCUT2D eigenvalue weighted by molar-refractivity contribution is 5.74. The first-order valence-corrected chi connectivity index (χ1v) is 7.23. The van der Waals surface area contributed by atoms with Crippen molar-refractivity contribution >= 4 is 6.03 Å². The number of nitrogens with zero attached hydrogens (tertiary/aromatic N) is 3. The number of fused-ring (bicyclic) bond motifs is 1. The van der Waals surface area contributed by atoms with Gasteiger partial charge in [0.05, 0.1) is 6.04 Å². The predicted molar refractivity (Wildman–Crippen MR) is 70.7 cm³/mol. The Morgan fingerprint density at radius 1 is 1.32 bits per heavy atom. The number of aromatic nitrogens is 3. The summed E-state index contributed by atoms with van der Waals surface area (Å²) in [5, 5.41) is 14.4. The molecule has 2 aliphatic rings. The number of nitrogens with one attached hydrogen (secondary N) is 2. The number of hydrogen-bond donors (Lipinski definition) is 2. The van der Waals surface area contributed by atoms with Gasteiger partial charge in [-0.3, -0.25) is 0 Å². The van der Waals surface area contributed by atoms with Gasteiger partial charge in [0.2, 0.25) is 0 Å². The second kappa shape index (κ2) is 5.19. The smallest absolute Gasteiger partial charge is 0.315 e. The first-order valence-electron chi connectivity index (χ1n) is 7.23. The maximum absolute atomic E-state index is 11.9. The van der Waals surface area contributed by atoms with Gasteiger partial charge in [-0.05, 0) is 26.2 Å². The minimum absolute atomic E-state index is 0.0882. The minimum atomic E-state index is -0.0965. The van der Waals surface area contributed by atoms with Crippen LogP contribution in [0.15, 0.2) is 0 Å². The van der Waals surface area contributed by atoms with Crippen LogP contribution in [0.25, 0.3) is 0 Å². The van der Waals surface area contributed by atoms with E-state index in [-0.39, 0.29) is 12.1 Å². The Morgan fingerprint density at radius 2 is 2.11 bits per heavy atom. The van der Waals surface area contributed by atoms with Gasteiger partial charge in [0, 0.05) is 19.0 Å². The van der Waals surface area contributed by atoms with Gasteiger partial charge >= 0.3 is 6.03 Å². The van der Waals surface area contributed by atoms with E-state index in [0.717, 1.165) is 43.9 Å². The zero-order valence-electron chi connectivity index (χ0n) is 11.4. The van der Waals surface area contributed by atoms with E-state index in [9.17, 15) is 4.79 Å². The number of urea groups is 1. The van der Waals surface area contributed by atoms with Crippen LogP contribution in [0, 0.1) is 0 Å². The van der Waals surface area contributed by atoms with Crippen molar-refractivity contribution in [2.45, 2.75) is 64.1 Å². The van der Waals surface area contributed by atoms with Crippen molar-refractivity contribution in [1.29, 1.82) is 0 Å². The molecule has 0 aromatic carbocycles. The van der Waals surface area contributed by atoms with Gasteiger partial charge in [-0.1, -0.05) is 12.8 Å². The molecule has 0 unspecified atom stereocenters. The van der Waals surface area contributed by atoms with E-state index in [2.05, 4.69) is 25.4 Å². The highest BCUT2D eigenvalue weighted by Gasteiger charge is 2.23. The third-order valence-corrected chi connectivity index (χ3v) is 4.06. The van der Waals surface area contributed by atoms with E-state index in [4.69, 9.17) is 0 Å². The lowest BCUT2D eigenvalue weighted by Gasteiger charge is -2.17. The second-order valence-electron chi connectivity index (χ2n) is 5.55. The Hall–Kier alpha value is -1.59. The molecule has 19 heavy (non-hydrogen) atoms. The van der Waals surface area contributed by atoms with Crippen molar-refractivity contribution in [1.82, 2.24) is 25.4 Å². The zero-order valence-corrected chi connectivity index (χ0v) is 11.4. The van der Waals surface area contributed by atoms with Gasteiger partial charge in [0.1, 0.15) is 5.82 Å². The first kappa shape index (κ1) is 12.4. The van der Waals surface area contributed by atoms with E-state index in [1.54, 1.807) is 0 Å². The topological polar surface area (TPSA) is 71.8 Å². The number of aryl methyl sites for hydroxylation is 1. The SMILES string of the molecule is C[C@@H](NC(=O)NC1CCCC1)c1nnc2n1CCC2. The van der Waals surface area contributed by atoms with E-state index in [1.807, 2.05) is 6.92 Å². The molecule has 0 radical (unpaired) electrons. The van der Waals surface area contributed by atoms with Crippen LogP contribution in [0.3, 0.4) is 0 Å². The molecule has 3 rings (SSSR count). The van der Waals surface area contributed by atoms with Crippen molar-refractivity contribution in [3.8, 4) is 0 Å². The van der Waals surface area contributed by atoms with E-state index in [1.165, 1.54) is 12.8 Å². The van der Waals surface area contributed by atoms with Crippen molar-refractivity contribution in [2.24, 2.45) is 0 Å². The lowest BCUT2D eigenvalue weighted by Crippen LogP contribution is -2.42. The zero-order chi connectivity index (χ0) is 13.2.